The summed E-state index contributed by atoms with van der Waals surface area (Å²) in [5.41, 5.74) is 1.13. The molecule has 0 saturated carbocycles. The van der Waals surface area contributed by atoms with Gasteiger partial charge in [-0.1, -0.05) is 23.7 Å². The van der Waals surface area contributed by atoms with Crippen LogP contribution in [0.2, 0.25) is 5.02 Å². The maximum absolute atomic E-state index is 12.9. The lowest BCUT2D eigenvalue weighted by Crippen LogP contribution is -2.13. The molecule has 0 aliphatic rings. The molecule has 0 fully saturated rings. The van der Waals surface area contributed by atoms with E-state index in [2.05, 4.69) is 26.2 Å². The molecule has 3 nitrogen and oxygen atoms in total. The van der Waals surface area contributed by atoms with Crippen LogP contribution in [0.1, 0.15) is 18.4 Å². The molecule has 1 aromatic heterocycles. The molecule has 0 atom stereocenters. The maximum atomic E-state index is 12.9. The summed E-state index contributed by atoms with van der Waals surface area (Å²) >= 11 is 8.97. The molecule has 1 aromatic carbocycles. The minimum Gasteiger partial charge on any atom is -0.310 e. The number of nitrogens with one attached hydrogen (secondary N) is 1. The Morgan fingerprint density at radius 2 is 2.05 bits per heavy atom. The summed E-state index contributed by atoms with van der Waals surface area (Å²) in [5.74, 6) is -0.278. The number of hydrogen-bond acceptors (Lipinski definition) is 2. The average molecular weight is 372 g/mol. The third-order valence-corrected chi connectivity index (χ3v) is 3.70. The molecule has 2 rings (SSSR count). The Kier molecular flexibility index (Phi) is 5.70. The number of halogens is 3. The van der Waals surface area contributed by atoms with Crippen molar-refractivity contribution in [2.24, 2.45) is 0 Å². The second-order valence-corrected chi connectivity index (χ2v) is 5.80. The van der Waals surface area contributed by atoms with E-state index in [1.807, 2.05) is 24.3 Å². The number of benzene rings is 1. The van der Waals surface area contributed by atoms with Crippen LogP contribution in [0.15, 0.2) is 41.0 Å². The number of carbonyl (C=O) groups is 1. The molecule has 0 saturated heterocycles. The van der Waals surface area contributed by atoms with Gasteiger partial charge in [0, 0.05) is 11.4 Å². The highest BCUT2D eigenvalue weighted by Gasteiger charge is 2.08. The highest BCUT2D eigenvalue weighted by molar-refractivity contribution is 9.10. The van der Waals surface area contributed by atoms with Crippen molar-refractivity contribution in [3.05, 3.63) is 57.4 Å². The Hall–Kier alpha value is -1.46. The zero-order valence-corrected chi connectivity index (χ0v) is 13.4. The minimum absolute atomic E-state index is 0.149. The molecule has 110 valence electrons. The van der Waals surface area contributed by atoms with E-state index >= 15 is 0 Å². The first-order valence-corrected chi connectivity index (χ1v) is 7.57. The lowest BCUT2D eigenvalue weighted by atomic mass is 10.1. The first-order valence-electron chi connectivity index (χ1n) is 6.40. The molecular formula is C15H13BrClFN2O. The zero-order chi connectivity index (χ0) is 15.2. The van der Waals surface area contributed by atoms with Crippen molar-refractivity contribution in [1.29, 1.82) is 0 Å². The van der Waals surface area contributed by atoms with Crippen molar-refractivity contribution < 1.29 is 9.18 Å². The number of aryl methyl sites for hydroxylation is 1. The molecule has 0 aliphatic heterocycles. The Morgan fingerprint density at radius 1 is 1.33 bits per heavy atom. The van der Waals surface area contributed by atoms with E-state index in [1.54, 1.807) is 0 Å². The van der Waals surface area contributed by atoms with E-state index in [4.69, 9.17) is 11.6 Å². The number of rotatable bonds is 5. The van der Waals surface area contributed by atoms with Gasteiger partial charge < -0.3 is 5.32 Å². The van der Waals surface area contributed by atoms with Gasteiger partial charge in [0.25, 0.3) is 0 Å². The molecule has 6 heteroatoms. The highest BCUT2D eigenvalue weighted by atomic mass is 79.9. The van der Waals surface area contributed by atoms with Crippen molar-refractivity contribution in [2.45, 2.75) is 19.3 Å². The SMILES string of the molecule is O=C(CCCc1ccc(Cl)cc1)Nc1ncc(F)cc1Br. The van der Waals surface area contributed by atoms with E-state index in [9.17, 15) is 9.18 Å². The summed E-state index contributed by atoms with van der Waals surface area (Å²) in [6, 6.07) is 8.81. The van der Waals surface area contributed by atoms with Gasteiger partial charge in [-0.15, -0.1) is 0 Å². The van der Waals surface area contributed by atoms with Crippen LogP contribution in [-0.4, -0.2) is 10.9 Å². The number of nitrogens with zero attached hydrogens (tertiary/aromatic N) is 1. The largest absolute Gasteiger partial charge is 0.310 e. The fourth-order valence-electron chi connectivity index (χ4n) is 1.81. The molecule has 2 aromatic rings. The van der Waals surface area contributed by atoms with Gasteiger partial charge in [-0.3, -0.25) is 4.79 Å². The summed E-state index contributed by atoms with van der Waals surface area (Å²) in [6.45, 7) is 0. The van der Waals surface area contributed by atoms with Crippen molar-refractivity contribution >= 4 is 39.3 Å². The monoisotopic (exact) mass is 370 g/mol. The summed E-state index contributed by atoms with van der Waals surface area (Å²) in [7, 11) is 0. The Bertz CT molecular complexity index is 634. The molecule has 0 unspecified atom stereocenters. The summed E-state index contributed by atoms with van der Waals surface area (Å²) in [6.07, 6.45) is 2.94. The average Bonchev–Trinajstić information content (AvgIpc) is 2.44. The topological polar surface area (TPSA) is 42.0 Å². The first-order chi connectivity index (χ1) is 10.0. The smallest absolute Gasteiger partial charge is 0.225 e. The van der Waals surface area contributed by atoms with Gasteiger partial charge in [-0.25, -0.2) is 9.37 Å². The fourth-order valence-corrected chi connectivity index (χ4v) is 2.35. The van der Waals surface area contributed by atoms with E-state index in [1.165, 1.54) is 6.07 Å². The molecule has 21 heavy (non-hydrogen) atoms. The second kappa shape index (κ2) is 7.52. The van der Waals surface area contributed by atoms with Gasteiger partial charge in [0.1, 0.15) is 11.6 Å². The fraction of sp³-hybridized carbons (Fsp3) is 0.200. The normalized spacial score (nSPS) is 10.4. The predicted octanol–water partition coefficient (Wildman–Crippen LogP) is 4.60. The molecule has 1 N–H and O–H groups in total. The van der Waals surface area contributed by atoms with E-state index in [0.29, 0.717) is 28.2 Å². The molecule has 0 radical (unpaired) electrons. The number of carbonyl (C=O) groups excluding carboxylic acids is 1. The third kappa shape index (κ3) is 5.10. The molecule has 0 spiro atoms. The zero-order valence-electron chi connectivity index (χ0n) is 11.1. The van der Waals surface area contributed by atoms with Gasteiger partial charge in [0.15, 0.2) is 0 Å². The number of amides is 1. The Balaban J connectivity index is 1.81. The van der Waals surface area contributed by atoms with Crippen molar-refractivity contribution in [3.8, 4) is 0 Å². The second-order valence-electron chi connectivity index (χ2n) is 4.51. The quantitative estimate of drug-likeness (QED) is 0.834. The molecule has 1 amide bonds. The van der Waals surface area contributed by atoms with Gasteiger partial charge in [-0.2, -0.15) is 0 Å². The maximum Gasteiger partial charge on any atom is 0.225 e. The lowest BCUT2D eigenvalue weighted by molar-refractivity contribution is -0.116. The number of pyridine rings is 1. The van der Waals surface area contributed by atoms with Crippen LogP contribution >= 0.6 is 27.5 Å². The van der Waals surface area contributed by atoms with Crippen LogP contribution < -0.4 is 5.32 Å². The van der Waals surface area contributed by atoms with Crippen LogP contribution in [0, 0.1) is 5.82 Å². The standard InChI is InChI=1S/C15H13BrClFN2O/c16-13-8-12(18)9-19-15(13)20-14(21)3-1-2-10-4-6-11(17)7-5-10/h4-9H,1-3H2,(H,19,20,21). The summed E-state index contributed by atoms with van der Waals surface area (Å²) in [4.78, 5) is 15.6. The molecule has 0 bridgehead atoms. The molecular weight excluding hydrogens is 359 g/mol. The van der Waals surface area contributed by atoms with Crippen molar-refractivity contribution in [1.82, 2.24) is 4.98 Å². The molecule has 1 heterocycles. The summed E-state index contributed by atoms with van der Waals surface area (Å²) < 4.78 is 13.3. The summed E-state index contributed by atoms with van der Waals surface area (Å²) in [5, 5.41) is 3.35. The van der Waals surface area contributed by atoms with E-state index < -0.39 is 5.82 Å². The highest BCUT2D eigenvalue weighted by Crippen LogP contribution is 2.20. The third-order valence-electron chi connectivity index (χ3n) is 2.85. The van der Waals surface area contributed by atoms with Gasteiger partial charge in [0.05, 0.1) is 10.7 Å². The van der Waals surface area contributed by atoms with Crippen LogP contribution in [0.5, 0.6) is 0 Å². The van der Waals surface area contributed by atoms with Crippen molar-refractivity contribution in [2.75, 3.05) is 5.32 Å². The van der Waals surface area contributed by atoms with Crippen LogP contribution in [0.3, 0.4) is 0 Å². The van der Waals surface area contributed by atoms with Gasteiger partial charge >= 0.3 is 0 Å². The van der Waals surface area contributed by atoms with Crippen molar-refractivity contribution in [3.63, 3.8) is 0 Å². The number of anilines is 1. The van der Waals surface area contributed by atoms with Crippen LogP contribution in [0.4, 0.5) is 10.2 Å². The van der Waals surface area contributed by atoms with Crippen LogP contribution in [0.25, 0.3) is 0 Å². The number of aromatic nitrogens is 1. The van der Waals surface area contributed by atoms with Gasteiger partial charge in [-0.05, 0) is 52.5 Å². The Labute approximate surface area is 135 Å². The first kappa shape index (κ1) is 15.9. The number of hydrogen-bond donors (Lipinski definition) is 1. The van der Waals surface area contributed by atoms with Gasteiger partial charge in [0.2, 0.25) is 5.91 Å². The van der Waals surface area contributed by atoms with E-state index in [-0.39, 0.29) is 5.91 Å². The predicted molar refractivity (Wildman–Crippen MR) is 84.9 cm³/mol. The van der Waals surface area contributed by atoms with Crippen LogP contribution in [-0.2, 0) is 11.2 Å². The molecule has 0 aliphatic carbocycles. The minimum atomic E-state index is -0.456. The Morgan fingerprint density at radius 3 is 2.71 bits per heavy atom. The van der Waals surface area contributed by atoms with E-state index in [0.717, 1.165) is 18.2 Å². The lowest BCUT2D eigenvalue weighted by Gasteiger charge is -2.06.